The maximum Gasteiger partial charge on any atom is 0.277 e. The van der Waals surface area contributed by atoms with Crippen molar-refractivity contribution in [3.05, 3.63) is 109 Å². The third-order valence-electron chi connectivity index (χ3n) is 5.19. The molecule has 0 atom stereocenters. The van der Waals surface area contributed by atoms with Gasteiger partial charge in [-0.25, -0.2) is 4.98 Å². The summed E-state index contributed by atoms with van der Waals surface area (Å²) in [6.45, 7) is 2.58. The number of hydrogen-bond acceptors (Lipinski definition) is 6. The molecule has 1 N–H and O–H groups in total. The summed E-state index contributed by atoms with van der Waals surface area (Å²) in [5.74, 6) is -0.0826. The van der Waals surface area contributed by atoms with Gasteiger partial charge in [-0.1, -0.05) is 42.0 Å². The molecule has 0 spiro atoms. The van der Waals surface area contributed by atoms with Crippen molar-refractivity contribution in [1.82, 2.24) is 14.9 Å². The number of carbonyl (C=O) groups excluding carboxylic acids is 1. The molecule has 0 bridgehead atoms. The molecule has 0 unspecified atom stereocenters. The fourth-order valence-electron chi connectivity index (χ4n) is 3.51. The maximum absolute atomic E-state index is 12.7. The maximum atomic E-state index is 12.7. The molecule has 1 amide bonds. The Bertz CT molecular complexity index is 1350. The van der Waals surface area contributed by atoms with Crippen LogP contribution >= 0.6 is 0 Å². The third-order valence-corrected chi connectivity index (χ3v) is 5.19. The zero-order valence-corrected chi connectivity index (χ0v) is 17.6. The van der Waals surface area contributed by atoms with Crippen molar-refractivity contribution in [3.63, 3.8) is 0 Å². The molecular weight excluding hydrogens is 426 g/mol. The summed E-state index contributed by atoms with van der Waals surface area (Å²) in [7, 11) is 0. The third kappa shape index (κ3) is 4.69. The molecule has 10 nitrogen and oxygen atoms in total. The second-order valence-corrected chi connectivity index (χ2v) is 7.52. The molecule has 10 heteroatoms. The van der Waals surface area contributed by atoms with E-state index in [-0.39, 0.29) is 12.1 Å². The Balaban J connectivity index is 1.62. The van der Waals surface area contributed by atoms with Gasteiger partial charge >= 0.3 is 0 Å². The van der Waals surface area contributed by atoms with E-state index in [1.54, 1.807) is 0 Å². The van der Waals surface area contributed by atoms with Crippen molar-refractivity contribution in [1.29, 1.82) is 0 Å². The van der Waals surface area contributed by atoms with Gasteiger partial charge in [0.25, 0.3) is 17.3 Å². The lowest BCUT2D eigenvalue weighted by molar-refractivity contribution is -0.394. The quantitative estimate of drug-likeness (QED) is 0.336. The lowest BCUT2D eigenvalue weighted by Gasteiger charge is -2.11. The number of fused-ring (bicyclic) bond motifs is 1. The number of non-ortho nitro benzene ring substituents is 2. The van der Waals surface area contributed by atoms with Crippen molar-refractivity contribution >= 4 is 28.3 Å². The number of hydrogen-bond donors (Lipinski definition) is 1. The summed E-state index contributed by atoms with van der Waals surface area (Å²) in [6, 6.07) is 18.5. The van der Waals surface area contributed by atoms with Crippen molar-refractivity contribution in [2.24, 2.45) is 0 Å². The average molecular weight is 445 g/mol. The molecule has 4 aromatic rings. The molecule has 33 heavy (non-hydrogen) atoms. The lowest BCUT2D eigenvalue weighted by Crippen LogP contribution is -2.25. The molecule has 166 valence electrons. The number of imidazole rings is 1. The van der Waals surface area contributed by atoms with E-state index in [2.05, 4.69) is 10.3 Å². The minimum Gasteiger partial charge on any atom is -0.345 e. The average Bonchev–Trinajstić information content (AvgIpc) is 3.15. The number of carbonyl (C=O) groups is 1. The second kappa shape index (κ2) is 8.87. The number of aromatic nitrogens is 2. The fraction of sp³-hybridized carbons (Fsp3) is 0.130. The van der Waals surface area contributed by atoms with E-state index in [0.29, 0.717) is 12.4 Å². The Kier molecular flexibility index (Phi) is 5.81. The van der Waals surface area contributed by atoms with Crippen LogP contribution in [0, 0.1) is 27.2 Å². The number of nitro benzene ring substituents is 2. The zero-order valence-electron chi connectivity index (χ0n) is 17.6. The summed E-state index contributed by atoms with van der Waals surface area (Å²) >= 11 is 0. The Morgan fingerprint density at radius 3 is 2.24 bits per heavy atom. The first-order chi connectivity index (χ1) is 15.8. The van der Waals surface area contributed by atoms with Gasteiger partial charge in [0, 0.05) is 18.7 Å². The topological polar surface area (TPSA) is 133 Å². The fourth-order valence-corrected chi connectivity index (χ4v) is 3.51. The molecule has 1 heterocycles. The minimum absolute atomic E-state index is 0.0376. The summed E-state index contributed by atoms with van der Waals surface area (Å²) in [5, 5.41) is 24.9. The molecule has 3 aromatic carbocycles. The number of rotatable bonds is 7. The highest BCUT2D eigenvalue weighted by Gasteiger charge is 2.20. The normalized spacial score (nSPS) is 10.8. The lowest BCUT2D eigenvalue weighted by atomic mass is 10.1. The number of benzene rings is 3. The van der Waals surface area contributed by atoms with Gasteiger partial charge in [0.2, 0.25) is 0 Å². The van der Waals surface area contributed by atoms with E-state index < -0.39 is 27.1 Å². The molecule has 0 aliphatic carbocycles. The molecular formula is C23H19N5O5. The van der Waals surface area contributed by atoms with Crippen LogP contribution in [0.4, 0.5) is 11.4 Å². The molecule has 0 saturated carbocycles. The highest BCUT2D eigenvalue weighted by atomic mass is 16.6. The number of para-hydroxylation sites is 2. The molecule has 0 fully saturated rings. The molecule has 1 aromatic heterocycles. The summed E-state index contributed by atoms with van der Waals surface area (Å²) < 4.78 is 1.98. The van der Waals surface area contributed by atoms with Crippen molar-refractivity contribution < 1.29 is 14.6 Å². The SMILES string of the molecule is Cc1ccc(Cn2c(CNC(=O)c3cc([N+](=O)[O-])cc([N+](=O)[O-])c3)nc3ccccc32)cc1. The van der Waals surface area contributed by atoms with Crippen LogP contribution in [0.15, 0.2) is 66.7 Å². The first kappa shape index (κ1) is 21.6. The summed E-state index contributed by atoms with van der Waals surface area (Å²) in [4.78, 5) is 38.0. The molecule has 0 radical (unpaired) electrons. The highest BCUT2D eigenvalue weighted by molar-refractivity contribution is 5.95. The molecule has 0 aliphatic rings. The van der Waals surface area contributed by atoms with E-state index in [4.69, 9.17) is 0 Å². The van der Waals surface area contributed by atoms with Crippen LogP contribution in [0.5, 0.6) is 0 Å². The van der Waals surface area contributed by atoms with Gasteiger partial charge < -0.3 is 9.88 Å². The van der Waals surface area contributed by atoms with Crippen LogP contribution in [0.2, 0.25) is 0 Å². The Morgan fingerprint density at radius 2 is 1.61 bits per heavy atom. The predicted molar refractivity (Wildman–Crippen MR) is 121 cm³/mol. The smallest absolute Gasteiger partial charge is 0.277 e. The second-order valence-electron chi connectivity index (χ2n) is 7.52. The van der Waals surface area contributed by atoms with E-state index in [1.807, 2.05) is 60.0 Å². The van der Waals surface area contributed by atoms with Gasteiger partial charge in [0.05, 0.1) is 39.1 Å². The van der Waals surface area contributed by atoms with Crippen LogP contribution in [-0.4, -0.2) is 25.3 Å². The van der Waals surface area contributed by atoms with Crippen LogP contribution in [0.3, 0.4) is 0 Å². The number of aryl methyl sites for hydroxylation is 1. The monoisotopic (exact) mass is 445 g/mol. The molecule has 0 saturated heterocycles. The van der Waals surface area contributed by atoms with Gasteiger partial charge in [0.15, 0.2) is 0 Å². The van der Waals surface area contributed by atoms with Crippen molar-refractivity contribution in [2.75, 3.05) is 0 Å². The van der Waals surface area contributed by atoms with E-state index in [0.717, 1.165) is 40.4 Å². The van der Waals surface area contributed by atoms with Gasteiger partial charge in [-0.15, -0.1) is 0 Å². The number of amides is 1. The van der Waals surface area contributed by atoms with Gasteiger partial charge in [-0.3, -0.25) is 25.0 Å². The van der Waals surface area contributed by atoms with E-state index in [1.165, 1.54) is 0 Å². The van der Waals surface area contributed by atoms with Gasteiger partial charge in [-0.2, -0.15) is 0 Å². The first-order valence-electron chi connectivity index (χ1n) is 10.0. The van der Waals surface area contributed by atoms with Crippen LogP contribution in [-0.2, 0) is 13.1 Å². The number of nitrogens with zero attached hydrogens (tertiary/aromatic N) is 4. The Hall–Kier alpha value is -4.60. The van der Waals surface area contributed by atoms with Gasteiger partial charge in [-0.05, 0) is 24.6 Å². The Morgan fingerprint density at radius 1 is 0.970 bits per heavy atom. The van der Waals surface area contributed by atoms with Crippen molar-refractivity contribution in [3.8, 4) is 0 Å². The number of nitrogens with one attached hydrogen (secondary N) is 1. The predicted octanol–water partition coefficient (Wildman–Crippen LogP) is 4.14. The first-order valence-corrected chi connectivity index (χ1v) is 10.0. The standard InChI is InChI=1S/C23H19N5O5/c1-15-6-8-16(9-7-15)14-26-21-5-3-2-4-20(21)25-22(26)13-24-23(29)17-10-18(27(30)31)12-19(11-17)28(32)33/h2-12H,13-14H2,1H3,(H,24,29). The Labute approximate surface area is 187 Å². The van der Waals surface area contributed by atoms with E-state index in [9.17, 15) is 25.0 Å². The highest BCUT2D eigenvalue weighted by Crippen LogP contribution is 2.23. The van der Waals surface area contributed by atoms with Crippen molar-refractivity contribution in [2.45, 2.75) is 20.0 Å². The van der Waals surface area contributed by atoms with Crippen LogP contribution in [0.25, 0.3) is 11.0 Å². The van der Waals surface area contributed by atoms with E-state index >= 15 is 0 Å². The summed E-state index contributed by atoms with van der Waals surface area (Å²) in [6.07, 6.45) is 0. The minimum atomic E-state index is -0.773. The molecule has 4 rings (SSSR count). The zero-order chi connectivity index (χ0) is 23.5. The molecule has 0 aliphatic heterocycles. The number of nitro groups is 2. The summed E-state index contributed by atoms with van der Waals surface area (Å²) in [5.41, 5.74) is 2.64. The largest absolute Gasteiger partial charge is 0.345 e. The van der Waals surface area contributed by atoms with Crippen LogP contribution < -0.4 is 5.32 Å². The van der Waals surface area contributed by atoms with Crippen LogP contribution in [0.1, 0.15) is 27.3 Å². The van der Waals surface area contributed by atoms with Gasteiger partial charge in [0.1, 0.15) is 5.82 Å².